The van der Waals surface area contributed by atoms with Crippen molar-refractivity contribution in [3.8, 4) is 17.2 Å². The molecular weight excluding hydrogens is 364 g/mol. The fourth-order valence-corrected chi connectivity index (χ4v) is 4.30. The first-order valence-corrected chi connectivity index (χ1v) is 9.93. The summed E-state index contributed by atoms with van der Waals surface area (Å²) in [6, 6.07) is 12.1. The van der Waals surface area contributed by atoms with Gasteiger partial charge in [-0.1, -0.05) is 53.6 Å². The summed E-state index contributed by atoms with van der Waals surface area (Å²) in [6.07, 6.45) is 5.76. The summed E-state index contributed by atoms with van der Waals surface area (Å²) in [5, 5.41) is 30.3. The zero-order valence-electron chi connectivity index (χ0n) is 17.1. The van der Waals surface area contributed by atoms with E-state index >= 15 is 0 Å². The second-order valence-electron chi connectivity index (χ2n) is 8.07. The van der Waals surface area contributed by atoms with E-state index in [9.17, 15) is 20.1 Å². The normalized spacial score (nSPS) is 21.3. The van der Waals surface area contributed by atoms with Gasteiger partial charge in [-0.15, -0.1) is 0 Å². The van der Waals surface area contributed by atoms with E-state index in [-0.39, 0.29) is 28.9 Å². The summed E-state index contributed by atoms with van der Waals surface area (Å²) in [7, 11) is 0. The molecule has 2 aromatic rings. The molecule has 0 radical (unpaired) electrons. The molecule has 3 atom stereocenters. The molecule has 0 spiro atoms. The highest BCUT2D eigenvalue weighted by Gasteiger charge is 2.40. The fraction of sp³-hybridized carbons (Fsp3) is 0.320. The number of hydrogen-bond acceptors (Lipinski definition) is 4. The highest BCUT2D eigenvalue weighted by molar-refractivity contribution is 6.03. The van der Waals surface area contributed by atoms with E-state index in [2.05, 4.69) is 12.2 Å². The SMILES string of the molecule is CC(C)=CC[C@H]1C(C)=CC[C@@H](c2ccccc2)[C@@H]1C(=O)c1c(O)cc(O)cc1O. The Hall–Kier alpha value is -3.01. The zero-order chi connectivity index (χ0) is 21.1. The number of rotatable bonds is 5. The minimum Gasteiger partial charge on any atom is -0.508 e. The lowest BCUT2D eigenvalue weighted by Crippen LogP contribution is -2.33. The number of ketones is 1. The van der Waals surface area contributed by atoms with E-state index in [0.29, 0.717) is 6.42 Å². The van der Waals surface area contributed by atoms with E-state index in [0.717, 1.165) is 29.7 Å². The van der Waals surface area contributed by atoms with Crippen molar-refractivity contribution in [2.75, 3.05) is 0 Å². The van der Waals surface area contributed by atoms with Crippen LogP contribution in [-0.2, 0) is 0 Å². The molecule has 0 saturated heterocycles. The Kier molecular flexibility index (Phi) is 6.12. The average molecular weight is 392 g/mol. The van der Waals surface area contributed by atoms with Gasteiger partial charge in [0.1, 0.15) is 22.8 Å². The molecule has 4 nitrogen and oxygen atoms in total. The number of carbonyl (C=O) groups is 1. The monoisotopic (exact) mass is 392 g/mol. The van der Waals surface area contributed by atoms with Gasteiger partial charge in [-0.3, -0.25) is 4.79 Å². The van der Waals surface area contributed by atoms with Gasteiger partial charge in [0.25, 0.3) is 0 Å². The summed E-state index contributed by atoms with van der Waals surface area (Å²) < 4.78 is 0. The van der Waals surface area contributed by atoms with Crippen molar-refractivity contribution in [2.24, 2.45) is 11.8 Å². The number of hydrogen-bond donors (Lipinski definition) is 3. The molecule has 0 aromatic heterocycles. The molecule has 1 aliphatic rings. The lowest BCUT2D eigenvalue weighted by molar-refractivity contribution is 0.0844. The molecule has 2 aromatic carbocycles. The number of allylic oxidation sites excluding steroid dienone is 4. The van der Waals surface area contributed by atoms with Crippen LogP contribution in [0, 0.1) is 11.8 Å². The quantitative estimate of drug-likeness (QED) is 0.450. The van der Waals surface area contributed by atoms with Crippen LogP contribution in [0.1, 0.15) is 55.5 Å². The van der Waals surface area contributed by atoms with Crippen molar-refractivity contribution >= 4 is 5.78 Å². The lowest BCUT2D eigenvalue weighted by Gasteiger charge is -2.37. The van der Waals surface area contributed by atoms with Crippen LogP contribution >= 0.6 is 0 Å². The zero-order valence-corrected chi connectivity index (χ0v) is 17.1. The number of aromatic hydroxyl groups is 3. The maximum absolute atomic E-state index is 13.7. The van der Waals surface area contributed by atoms with Crippen LogP contribution in [0.5, 0.6) is 17.2 Å². The Balaban J connectivity index is 2.12. The first kappa shape index (κ1) is 20.7. The Bertz CT molecular complexity index is 929. The van der Waals surface area contributed by atoms with Crippen molar-refractivity contribution in [2.45, 2.75) is 39.5 Å². The maximum Gasteiger partial charge on any atom is 0.174 e. The minimum absolute atomic E-state index is 0.0380. The molecule has 1 aliphatic carbocycles. The van der Waals surface area contributed by atoms with Gasteiger partial charge in [-0.25, -0.2) is 0 Å². The summed E-state index contributed by atoms with van der Waals surface area (Å²) in [5.74, 6) is -1.90. The highest BCUT2D eigenvalue weighted by atomic mass is 16.3. The van der Waals surface area contributed by atoms with E-state index in [4.69, 9.17) is 0 Å². The number of phenolic OH excluding ortho intramolecular Hbond substituents is 3. The van der Waals surface area contributed by atoms with Crippen molar-refractivity contribution in [1.29, 1.82) is 0 Å². The summed E-state index contributed by atoms with van der Waals surface area (Å²) in [6.45, 7) is 6.11. The molecule has 0 bridgehead atoms. The van der Waals surface area contributed by atoms with E-state index in [1.54, 1.807) is 0 Å². The number of Topliss-reactive ketones (excluding diaryl/α,β-unsaturated/α-hetero) is 1. The molecular formula is C25H28O4. The molecule has 3 N–H and O–H groups in total. The van der Waals surface area contributed by atoms with Gasteiger partial charge >= 0.3 is 0 Å². The smallest absolute Gasteiger partial charge is 0.174 e. The summed E-state index contributed by atoms with van der Waals surface area (Å²) in [4.78, 5) is 13.7. The number of phenols is 3. The Morgan fingerprint density at radius 1 is 1.07 bits per heavy atom. The Morgan fingerprint density at radius 3 is 2.28 bits per heavy atom. The number of carbonyl (C=O) groups excluding carboxylic acids is 1. The van der Waals surface area contributed by atoms with Gasteiger partial charge in [0.15, 0.2) is 5.78 Å². The van der Waals surface area contributed by atoms with Crippen molar-refractivity contribution in [1.82, 2.24) is 0 Å². The second-order valence-corrected chi connectivity index (χ2v) is 8.07. The molecule has 29 heavy (non-hydrogen) atoms. The molecule has 0 saturated carbocycles. The van der Waals surface area contributed by atoms with Crippen LogP contribution in [0.15, 0.2) is 65.8 Å². The van der Waals surface area contributed by atoms with Crippen molar-refractivity contribution in [3.63, 3.8) is 0 Å². The highest BCUT2D eigenvalue weighted by Crippen LogP contribution is 2.46. The average Bonchev–Trinajstić information content (AvgIpc) is 2.66. The van der Waals surface area contributed by atoms with E-state index in [1.165, 1.54) is 5.57 Å². The summed E-state index contributed by atoms with van der Waals surface area (Å²) in [5.41, 5.74) is 3.27. The molecule has 0 unspecified atom stereocenters. The molecule has 0 heterocycles. The van der Waals surface area contributed by atoms with Gasteiger partial charge in [0.05, 0.1) is 0 Å². The first-order valence-electron chi connectivity index (χ1n) is 9.93. The van der Waals surface area contributed by atoms with Crippen LogP contribution in [0.2, 0.25) is 0 Å². The van der Waals surface area contributed by atoms with Gasteiger partial charge < -0.3 is 15.3 Å². The molecule has 152 valence electrons. The maximum atomic E-state index is 13.7. The lowest BCUT2D eigenvalue weighted by atomic mass is 9.65. The first-order chi connectivity index (χ1) is 13.8. The minimum atomic E-state index is -0.431. The third-order valence-electron chi connectivity index (χ3n) is 5.78. The van der Waals surface area contributed by atoms with Crippen molar-refractivity contribution in [3.05, 3.63) is 76.9 Å². The van der Waals surface area contributed by atoms with Crippen LogP contribution in [0.4, 0.5) is 0 Å². The molecule has 3 rings (SSSR count). The largest absolute Gasteiger partial charge is 0.508 e. The number of benzene rings is 2. The van der Waals surface area contributed by atoms with Gasteiger partial charge in [0.2, 0.25) is 0 Å². The van der Waals surface area contributed by atoms with Gasteiger partial charge in [-0.2, -0.15) is 0 Å². The van der Waals surface area contributed by atoms with Crippen LogP contribution in [-0.4, -0.2) is 21.1 Å². The van der Waals surface area contributed by atoms with Gasteiger partial charge in [-0.05, 0) is 51.0 Å². The van der Waals surface area contributed by atoms with Gasteiger partial charge in [0, 0.05) is 18.1 Å². The topological polar surface area (TPSA) is 77.8 Å². The van der Waals surface area contributed by atoms with E-state index < -0.39 is 17.4 Å². The molecule has 0 aliphatic heterocycles. The second kappa shape index (κ2) is 8.56. The third kappa shape index (κ3) is 4.37. The summed E-state index contributed by atoms with van der Waals surface area (Å²) >= 11 is 0. The van der Waals surface area contributed by atoms with Crippen LogP contribution in [0.3, 0.4) is 0 Å². The predicted molar refractivity (Wildman–Crippen MR) is 114 cm³/mol. The van der Waals surface area contributed by atoms with Crippen LogP contribution < -0.4 is 0 Å². The Morgan fingerprint density at radius 2 is 1.69 bits per heavy atom. The van der Waals surface area contributed by atoms with Crippen molar-refractivity contribution < 1.29 is 20.1 Å². The standard InChI is InChI=1S/C25H28O4/c1-15(2)9-11-19-16(3)10-12-20(17-7-5-4-6-8-17)23(19)25(29)24-21(27)13-18(26)14-22(24)28/h4-10,13-14,19-20,23,26-28H,11-12H2,1-3H3/t19-,20-,23+/m0/s1. The van der Waals surface area contributed by atoms with E-state index in [1.807, 2.05) is 51.1 Å². The molecule has 4 heteroatoms. The third-order valence-corrected chi connectivity index (χ3v) is 5.78. The predicted octanol–water partition coefficient (Wildman–Crippen LogP) is 5.71. The fourth-order valence-electron chi connectivity index (χ4n) is 4.30. The molecule has 0 fully saturated rings. The van der Waals surface area contributed by atoms with Crippen LogP contribution in [0.25, 0.3) is 0 Å². The molecule has 0 amide bonds. The Labute approximate surface area is 171 Å².